The van der Waals surface area contributed by atoms with Gasteiger partial charge in [0.1, 0.15) is 5.69 Å². The Morgan fingerprint density at radius 2 is 2.24 bits per heavy atom. The molecule has 2 rings (SSSR count). The molecular weight excluding hydrogens is 331 g/mol. The first kappa shape index (κ1) is 14.2. The van der Waals surface area contributed by atoms with Crippen molar-refractivity contribution in [2.24, 2.45) is 4.99 Å². The summed E-state index contributed by atoms with van der Waals surface area (Å²) in [5.41, 5.74) is 1.95. The van der Waals surface area contributed by atoms with Crippen molar-refractivity contribution in [3.63, 3.8) is 0 Å². The summed E-state index contributed by atoms with van der Waals surface area (Å²) in [7, 11) is 0. The summed E-state index contributed by atoms with van der Waals surface area (Å²) in [5, 5.41) is 15.1. The molecule has 2 N–H and O–H groups in total. The average molecular weight is 350 g/mol. The minimum absolute atomic E-state index is 0. The zero-order chi connectivity index (χ0) is 11.5. The van der Waals surface area contributed by atoms with Gasteiger partial charge in [-0.3, -0.25) is 4.99 Å². The van der Waals surface area contributed by atoms with E-state index in [1.54, 1.807) is 4.80 Å². The average Bonchev–Trinajstić information content (AvgIpc) is 2.82. The smallest absolute Gasteiger partial charge is 0.191 e. The molecule has 0 bridgehead atoms. The van der Waals surface area contributed by atoms with Crippen LogP contribution in [0, 0.1) is 6.92 Å². The van der Waals surface area contributed by atoms with E-state index < -0.39 is 0 Å². The van der Waals surface area contributed by atoms with Crippen molar-refractivity contribution >= 4 is 29.9 Å². The zero-order valence-corrected chi connectivity index (χ0v) is 12.7. The number of guanidine groups is 1. The number of nitrogens with zero attached hydrogens (tertiary/aromatic N) is 4. The SMILES string of the molecule is CCn1nc(C)c(CNC2=NCC(C)N2)n1.I. The lowest BCUT2D eigenvalue weighted by atomic mass is 10.3. The number of nitrogens with one attached hydrogen (secondary N) is 2. The van der Waals surface area contributed by atoms with Gasteiger partial charge in [-0.15, -0.1) is 24.0 Å². The van der Waals surface area contributed by atoms with Gasteiger partial charge in [0.05, 0.1) is 25.3 Å². The molecule has 0 aromatic carbocycles. The maximum atomic E-state index is 4.37. The summed E-state index contributed by atoms with van der Waals surface area (Å²) < 4.78 is 0. The van der Waals surface area contributed by atoms with Crippen LogP contribution >= 0.6 is 24.0 Å². The van der Waals surface area contributed by atoms with Gasteiger partial charge in [-0.2, -0.15) is 15.0 Å². The lowest BCUT2D eigenvalue weighted by molar-refractivity contribution is 0.560. The van der Waals surface area contributed by atoms with Crippen molar-refractivity contribution in [1.29, 1.82) is 0 Å². The zero-order valence-electron chi connectivity index (χ0n) is 10.4. The summed E-state index contributed by atoms with van der Waals surface area (Å²) in [4.78, 5) is 6.04. The van der Waals surface area contributed by atoms with Crippen LogP contribution in [0.15, 0.2) is 4.99 Å². The molecule has 0 radical (unpaired) electrons. The molecule has 0 fully saturated rings. The first-order chi connectivity index (χ1) is 7.69. The van der Waals surface area contributed by atoms with Crippen LogP contribution in [0.3, 0.4) is 0 Å². The third-order valence-corrected chi connectivity index (χ3v) is 2.53. The van der Waals surface area contributed by atoms with E-state index in [4.69, 9.17) is 0 Å². The maximum absolute atomic E-state index is 4.37. The fraction of sp³-hybridized carbons (Fsp3) is 0.700. The molecule has 17 heavy (non-hydrogen) atoms. The molecule has 0 saturated carbocycles. The van der Waals surface area contributed by atoms with Gasteiger partial charge in [-0.1, -0.05) is 0 Å². The molecule has 0 amide bonds. The quantitative estimate of drug-likeness (QED) is 0.787. The van der Waals surface area contributed by atoms with E-state index in [1.807, 2.05) is 13.8 Å². The van der Waals surface area contributed by atoms with E-state index in [2.05, 4.69) is 32.7 Å². The number of hydrogen-bond donors (Lipinski definition) is 2. The summed E-state index contributed by atoms with van der Waals surface area (Å²) in [6.45, 7) is 8.42. The Morgan fingerprint density at radius 3 is 2.76 bits per heavy atom. The Bertz CT molecular complexity index is 400. The first-order valence-electron chi connectivity index (χ1n) is 5.64. The highest BCUT2D eigenvalue weighted by molar-refractivity contribution is 14.0. The summed E-state index contributed by atoms with van der Waals surface area (Å²) in [6.07, 6.45) is 0. The van der Waals surface area contributed by atoms with Crippen molar-refractivity contribution < 1.29 is 0 Å². The minimum atomic E-state index is 0. The summed E-state index contributed by atoms with van der Waals surface area (Å²) in [5.74, 6) is 0.859. The second kappa shape index (κ2) is 6.18. The topological polar surface area (TPSA) is 67.1 Å². The van der Waals surface area contributed by atoms with Crippen LogP contribution in [0.2, 0.25) is 0 Å². The standard InChI is InChI=1S/C10H18N6.HI/c1-4-16-14-8(3)9(15-16)6-12-10-11-5-7(2)13-10;/h7H,4-6H2,1-3H3,(H2,11,12,13);1H. The highest BCUT2D eigenvalue weighted by Gasteiger charge is 2.13. The van der Waals surface area contributed by atoms with E-state index in [1.165, 1.54) is 0 Å². The van der Waals surface area contributed by atoms with E-state index in [9.17, 15) is 0 Å². The van der Waals surface area contributed by atoms with Crippen LogP contribution in [0.5, 0.6) is 0 Å². The number of halogens is 1. The minimum Gasteiger partial charge on any atom is -0.352 e. The van der Waals surface area contributed by atoms with Gasteiger partial charge in [-0.25, -0.2) is 0 Å². The van der Waals surface area contributed by atoms with Gasteiger partial charge >= 0.3 is 0 Å². The summed E-state index contributed by atoms with van der Waals surface area (Å²) >= 11 is 0. The monoisotopic (exact) mass is 350 g/mol. The molecule has 0 aliphatic carbocycles. The Kier molecular flexibility index (Phi) is 5.16. The molecule has 1 atom stereocenters. The van der Waals surface area contributed by atoms with Gasteiger partial charge in [-0.05, 0) is 20.8 Å². The lowest BCUT2D eigenvalue weighted by Crippen LogP contribution is -2.37. The molecule has 1 aromatic rings. The van der Waals surface area contributed by atoms with Crippen molar-refractivity contribution in [1.82, 2.24) is 25.6 Å². The Labute approximate surface area is 118 Å². The molecule has 96 valence electrons. The summed E-state index contributed by atoms with van der Waals surface area (Å²) in [6, 6.07) is 0.426. The van der Waals surface area contributed by atoms with Gasteiger partial charge in [0.25, 0.3) is 0 Å². The van der Waals surface area contributed by atoms with E-state index in [0.29, 0.717) is 12.6 Å². The van der Waals surface area contributed by atoms with Gasteiger partial charge in [0, 0.05) is 6.04 Å². The molecule has 2 heterocycles. The number of aryl methyl sites for hydroxylation is 2. The Balaban J connectivity index is 0.00000144. The van der Waals surface area contributed by atoms with Crippen molar-refractivity contribution in [3.8, 4) is 0 Å². The normalized spacial score (nSPS) is 18.3. The molecule has 1 aromatic heterocycles. The van der Waals surface area contributed by atoms with E-state index >= 15 is 0 Å². The molecule has 0 spiro atoms. The van der Waals surface area contributed by atoms with Gasteiger partial charge in [0.15, 0.2) is 5.96 Å². The van der Waals surface area contributed by atoms with Crippen LogP contribution in [-0.2, 0) is 13.1 Å². The largest absolute Gasteiger partial charge is 0.352 e. The molecule has 1 aliphatic rings. The van der Waals surface area contributed by atoms with Crippen molar-refractivity contribution in [2.45, 2.75) is 39.9 Å². The van der Waals surface area contributed by atoms with Crippen molar-refractivity contribution in [3.05, 3.63) is 11.4 Å². The Morgan fingerprint density at radius 1 is 1.47 bits per heavy atom. The fourth-order valence-corrected chi connectivity index (χ4v) is 1.60. The molecule has 7 heteroatoms. The van der Waals surface area contributed by atoms with Crippen LogP contribution in [-0.4, -0.2) is 33.5 Å². The number of aromatic nitrogens is 3. The van der Waals surface area contributed by atoms with Crippen LogP contribution < -0.4 is 10.6 Å². The molecule has 6 nitrogen and oxygen atoms in total. The maximum Gasteiger partial charge on any atom is 0.191 e. The van der Waals surface area contributed by atoms with Crippen LogP contribution in [0.1, 0.15) is 25.2 Å². The molecule has 1 unspecified atom stereocenters. The highest BCUT2D eigenvalue weighted by atomic mass is 127. The van der Waals surface area contributed by atoms with Crippen molar-refractivity contribution in [2.75, 3.05) is 6.54 Å². The van der Waals surface area contributed by atoms with Gasteiger partial charge < -0.3 is 10.6 Å². The van der Waals surface area contributed by atoms with Crippen LogP contribution in [0.25, 0.3) is 0 Å². The number of aliphatic imine (C=N–C) groups is 1. The number of hydrogen-bond acceptors (Lipinski definition) is 5. The van der Waals surface area contributed by atoms with Gasteiger partial charge in [0.2, 0.25) is 0 Å². The predicted molar refractivity (Wildman–Crippen MR) is 77.6 cm³/mol. The lowest BCUT2D eigenvalue weighted by Gasteiger charge is -2.07. The Hall–Kier alpha value is -0.860. The fourth-order valence-electron chi connectivity index (χ4n) is 1.60. The van der Waals surface area contributed by atoms with Crippen LogP contribution in [0.4, 0.5) is 0 Å². The molecule has 0 saturated heterocycles. The second-order valence-corrected chi connectivity index (χ2v) is 4.01. The molecular formula is C10H19IN6. The number of rotatable bonds is 3. The third kappa shape index (κ3) is 3.55. The molecule has 1 aliphatic heterocycles. The first-order valence-corrected chi connectivity index (χ1v) is 5.64. The highest BCUT2D eigenvalue weighted by Crippen LogP contribution is 2.01. The third-order valence-electron chi connectivity index (χ3n) is 2.53. The predicted octanol–water partition coefficient (Wildman–Crippen LogP) is 0.662. The second-order valence-electron chi connectivity index (χ2n) is 4.01. The van der Waals surface area contributed by atoms with E-state index in [-0.39, 0.29) is 24.0 Å². The van der Waals surface area contributed by atoms with E-state index in [0.717, 1.165) is 30.4 Å².